The summed E-state index contributed by atoms with van der Waals surface area (Å²) in [5.41, 5.74) is 9.95. The average Bonchev–Trinajstić information content (AvgIpc) is 2.72. The molecule has 0 unspecified atom stereocenters. The zero-order valence-corrected chi connectivity index (χ0v) is 18.2. The van der Waals surface area contributed by atoms with Gasteiger partial charge in [0, 0.05) is 18.1 Å². The highest BCUT2D eigenvalue weighted by Gasteiger charge is 2.24. The second kappa shape index (κ2) is 10.7. The third kappa shape index (κ3) is 5.66. The summed E-state index contributed by atoms with van der Waals surface area (Å²) in [4.78, 5) is 52.6. The molecule has 0 aliphatic carbocycles. The van der Waals surface area contributed by atoms with Crippen LogP contribution >= 0.6 is 11.6 Å². The van der Waals surface area contributed by atoms with E-state index in [1.165, 1.54) is 27.7 Å². The lowest BCUT2D eigenvalue weighted by molar-refractivity contribution is -0.120. The van der Waals surface area contributed by atoms with Gasteiger partial charge in [-0.2, -0.15) is 0 Å². The molecule has 0 aliphatic rings. The largest absolute Gasteiger partial charge is 0.483 e. The molecule has 0 saturated heterocycles. The maximum atomic E-state index is 13.0. The number of nitrogen functional groups attached to an aromatic ring is 1. The Morgan fingerprint density at radius 1 is 1.23 bits per heavy atom. The molecule has 1 heterocycles. The Bertz CT molecular complexity index is 1080. The molecule has 0 bridgehead atoms. The number of anilines is 2. The number of nitrogens with one attached hydrogen (secondary N) is 1. The van der Waals surface area contributed by atoms with Gasteiger partial charge in [-0.05, 0) is 31.0 Å². The number of nitrogens with zero attached hydrogens (tertiary/aromatic N) is 2. The summed E-state index contributed by atoms with van der Waals surface area (Å²) in [5, 5.41) is 0.287. The van der Waals surface area contributed by atoms with Crippen molar-refractivity contribution in [2.24, 2.45) is 5.73 Å². The first kappa shape index (κ1) is 24.0. The van der Waals surface area contributed by atoms with Crippen LogP contribution in [-0.4, -0.2) is 34.5 Å². The molecule has 10 nitrogen and oxygen atoms in total. The van der Waals surface area contributed by atoms with E-state index in [9.17, 15) is 19.2 Å². The fourth-order valence-electron chi connectivity index (χ4n) is 3.00. The highest BCUT2D eigenvalue weighted by Crippen LogP contribution is 2.23. The van der Waals surface area contributed by atoms with E-state index in [4.69, 9.17) is 27.8 Å². The molecule has 168 valence electrons. The van der Waals surface area contributed by atoms with Crippen molar-refractivity contribution in [1.29, 1.82) is 0 Å². The van der Waals surface area contributed by atoms with Gasteiger partial charge in [-0.15, -0.1) is 0 Å². The van der Waals surface area contributed by atoms with E-state index >= 15 is 0 Å². The lowest BCUT2D eigenvalue weighted by Crippen LogP contribution is -2.43. The third-order valence-corrected chi connectivity index (χ3v) is 4.76. The molecule has 0 spiro atoms. The number of ether oxygens (including phenoxy) is 1. The first-order valence-corrected chi connectivity index (χ1v) is 10.2. The minimum atomic E-state index is -0.764. The predicted molar refractivity (Wildman–Crippen MR) is 119 cm³/mol. The zero-order valence-electron chi connectivity index (χ0n) is 17.4. The number of hydrogen-bond donors (Lipinski definition) is 3. The fourth-order valence-corrected chi connectivity index (χ4v) is 3.17. The molecule has 1 aromatic carbocycles. The van der Waals surface area contributed by atoms with Crippen LogP contribution < -0.4 is 32.4 Å². The van der Waals surface area contributed by atoms with Crippen LogP contribution in [0.4, 0.5) is 11.5 Å². The summed E-state index contributed by atoms with van der Waals surface area (Å²) >= 11 is 5.88. The topological polar surface area (TPSA) is 154 Å². The summed E-state index contributed by atoms with van der Waals surface area (Å²) in [6, 6.07) is 4.25. The number of aromatic nitrogens is 2. The number of primary amides is 1. The van der Waals surface area contributed by atoms with Crippen LogP contribution in [0.1, 0.15) is 43.5 Å². The molecule has 0 aliphatic heterocycles. The Labute approximate surface area is 183 Å². The van der Waals surface area contributed by atoms with Gasteiger partial charge in [0.2, 0.25) is 0 Å². The lowest BCUT2D eigenvalue weighted by atomic mass is 10.2. The first-order valence-electron chi connectivity index (χ1n) is 9.86. The SMILES string of the molecule is CCCCN(C(=O)COc1ccc(Cl)cc1C(N)=O)c1c(N)n(CCC)c(=O)[nH]c1=O. The number of hydrogen-bond acceptors (Lipinski definition) is 6. The molecule has 5 N–H and O–H groups in total. The number of carbonyl (C=O) groups is 2. The molecule has 0 atom stereocenters. The van der Waals surface area contributed by atoms with Gasteiger partial charge in [-0.1, -0.05) is 31.9 Å². The van der Waals surface area contributed by atoms with Crippen LogP contribution in [0.2, 0.25) is 5.02 Å². The van der Waals surface area contributed by atoms with Gasteiger partial charge >= 0.3 is 5.69 Å². The molecule has 2 rings (SSSR count). The van der Waals surface area contributed by atoms with Crippen LogP contribution in [0.15, 0.2) is 27.8 Å². The Balaban J connectivity index is 2.39. The Kier molecular flexibility index (Phi) is 8.26. The van der Waals surface area contributed by atoms with E-state index in [1.807, 2.05) is 13.8 Å². The molecule has 2 aromatic rings. The highest BCUT2D eigenvalue weighted by molar-refractivity contribution is 6.31. The number of aromatic amines is 1. The molecule has 2 amide bonds. The van der Waals surface area contributed by atoms with Crippen molar-refractivity contribution in [2.75, 3.05) is 23.8 Å². The molecule has 31 heavy (non-hydrogen) atoms. The molecule has 1 aromatic heterocycles. The summed E-state index contributed by atoms with van der Waals surface area (Å²) in [5.74, 6) is -1.35. The van der Waals surface area contributed by atoms with E-state index in [0.29, 0.717) is 12.8 Å². The van der Waals surface area contributed by atoms with E-state index in [-0.39, 0.29) is 40.9 Å². The minimum absolute atomic E-state index is 0.0225. The second-order valence-corrected chi connectivity index (χ2v) is 7.27. The van der Waals surface area contributed by atoms with E-state index in [0.717, 1.165) is 6.42 Å². The highest BCUT2D eigenvalue weighted by atomic mass is 35.5. The predicted octanol–water partition coefficient (Wildman–Crippen LogP) is 1.49. The standard InChI is InChI=1S/C20H26ClN5O5/c1-3-5-9-25(16-17(22)26(8-4-2)20(30)24-19(16)29)15(27)11-31-14-7-6-12(21)10-13(14)18(23)28/h6-7,10H,3-5,8-9,11,22H2,1-2H3,(H2,23,28)(H,24,29,30). The quantitative estimate of drug-likeness (QED) is 0.497. The number of rotatable bonds is 10. The summed E-state index contributed by atoms with van der Waals surface area (Å²) in [7, 11) is 0. The van der Waals surface area contributed by atoms with Gasteiger partial charge in [-0.25, -0.2) is 4.79 Å². The third-order valence-electron chi connectivity index (χ3n) is 4.53. The Hall–Kier alpha value is -3.27. The molecule has 0 saturated carbocycles. The fraction of sp³-hybridized carbons (Fsp3) is 0.400. The van der Waals surface area contributed by atoms with Gasteiger partial charge in [-0.3, -0.25) is 23.9 Å². The molecular weight excluding hydrogens is 426 g/mol. The molecule has 0 radical (unpaired) electrons. The van der Waals surface area contributed by atoms with Crippen molar-refractivity contribution in [3.05, 3.63) is 49.6 Å². The maximum Gasteiger partial charge on any atom is 0.330 e. The number of halogens is 1. The van der Waals surface area contributed by atoms with Crippen molar-refractivity contribution < 1.29 is 14.3 Å². The molecule has 11 heteroatoms. The lowest BCUT2D eigenvalue weighted by Gasteiger charge is -2.24. The van der Waals surface area contributed by atoms with Crippen LogP contribution in [0.3, 0.4) is 0 Å². The zero-order chi connectivity index (χ0) is 23.1. The summed E-state index contributed by atoms with van der Waals surface area (Å²) in [6.45, 7) is 3.77. The van der Waals surface area contributed by atoms with Crippen LogP contribution in [0.5, 0.6) is 5.75 Å². The number of unbranched alkanes of at least 4 members (excludes halogenated alkanes) is 1. The second-order valence-electron chi connectivity index (χ2n) is 6.84. The number of carbonyl (C=O) groups excluding carboxylic acids is 2. The van der Waals surface area contributed by atoms with Gasteiger partial charge in [0.15, 0.2) is 12.3 Å². The Morgan fingerprint density at radius 3 is 2.55 bits per heavy atom. The average molecular weight is 452 g/mol. The minimum Gasteiger partial charge on any atom is -0.483 e. The van der Waals surface area contributed by atoms with Crippen molar-refractivity contribution in [1.82, 2.24) is 9.55 Å². The van der Waals surface area contributed by atoms with Crippen molar-refractivity contribution in [2.45, 2.75) is 39.7 Å². The van der Waals surface area contributed by atoms with E-state index in [2.05, 4.69) is 4.98 Å². The normalized spacial score (nSPS) is 10.7. The van der Waals surface area contributed by atoms with Crippen LogP contribution in [0, 0.1) is 0 Å². The van der Waals surface area contributed by atoms with Crippen molar-refractivity contribution in [3.8, 4) is 5.75 Å². The van der Waals surface area contributed by atoms with Gasteiger partial charge in [0.05, 0.1) is 5.56 Å². The summed E-state index contributed by atoms with van der Waals surface area (Å²) in [6.07, 6.45) is 1.94. The van der Waals surface area contributed by atoms with E-state index < -0.39 is 29.7 Å². The van der Waals surface area contributed by atoms with Gasteiger partial charge < -0.3 is 21.1 Å². The van der Waals surface area contributed by atoms with Gasteiger partial charge in [0.25, 0.3) is 17.4 Å². The number of amides is 2. The smallest absolute Gasteiger partial charge is 0.330 e. The summed E-state index contributed by atoms with van der Waals surface area (Å²) < 4.78 is 6.72. The molecular formula is C20H26ClN5O5. The number of H-pyrrole nitrogens is 1. The van der Waals surface area contributed by atoms with Gasteiger partial charge in [0.1, 0.15) is 11.6 Å². The number of benzene rings is 1. The van der Waals surface area contributed by atoms with Crippen LogP contribution in [0.25, 0.3) is 0 Å². The maximum absolute atomic E-state index is 13.0. The monoisotopic (exact) mass is 451 g/mol. The van der Waals surface area contributed by atoms with Crippen molar-refractivity contribution >= 4 is 34.9 Å². The number of nitrogens with two attached hydrogens (primary N) is 2. The van der Waals surface area contributed by atoms with Crippen molar-refractivity contribution in [3.63, 3.8) is 0 Å². The first-order chi connectivity index (χ1) is 14.7. The molecule has 0 fully saturated rings. The van der Waals surface area contributed by atoms with E-state index in [1.54, 1.807) is 0 Å². The Morgan fingerprint density at radius 2 is 1.94 bits per heavy atom. The van der Waals surface area contributed by atoms with Crippen LogP contribution in [-0.2, 0) is 11.3 Å².